The van der Waals surface area contributed by atoms with Gasteiger partial charge >= 0.3 is 0 Å². The van der Waals surface area contributed by atoms with Gasteiger partial charge in [0, 0.05) is 30.7 Å². The molecule has 0 bridgehead atoms. The van der Waals surface area contributed by atoms with Crippen molar-refractivity contribution in [3.8, 4) is 11.5 Å². The summed E-state index contributed by atoms with van der Waals surface area (Å²) in [4.78, 5) is 16.1. The molecule has 4 aromatic rings. The van der Waals surface area contributed by atoms with Gasteiger partial charge in [-0.1, -0.05) is 13.8 Å². The van der Waals surface area contributed by atoms with Crippen LogP contribution < -0.4 is 26.0 Å². The molecule has 0 unspecified atom stereocenters. The molecule has 31 heavy (non-hydrogen) atoms. The largest absolute Gasteiger partial charge is 0.496 e. The number of nitrogens with zero attached hydrogens (tertiary/aromatic N) is 3. The van der Waals surface area contributed by atoms with Crippen molar-refractivity contribution in [2.75, 3.05) is 45.7 Å². The topological polar surface area (TPSA) is 94.1 Å². The Bertz CT molecular complexity index is 1280. The van der Waals surface area contributed by atoms with Gasteiger partial charge in [0.1, 0.15) is 17.0 Å². The maximum Gasteiger partial charge on any atom is 0.203 e. The molecule has 164 valence electrons. The summed E-state index contributed by atoms with van der Waals surface area (Å²) in [5.74, 6) is 1.07. The predicted molar refractivity (Wildman–Crippen MR) is 125 cm³/mol. The lowest BCUT2D eigenvalue weighted by Gasteiger charge is -2.16. The van der Waals surface area contributed by atoms with Crippen molar-refractivity contribution in [2.24, 2.45) is 5.73 Å². The molecule has 0 saturated carbocycles. The van der Waals surface area contributed by atoms with Gasteiger partial charge in [-0.2, -0.15) is 5.10 Å². The van der Waals surface area contributed by atoms with Crippen LogP contribution in [0.2, 0.25) is 0 Å². The molecule has 0 spiro atoms. The van der Waals surface area contributed by atoms with Crippen molar-refractivity contribution in [3.63, 3.8) is 0 Å². The number of ether oxygens (including phenoxy) is 2. The summed E-state index contributed by atoms with van der Waals surface area (Å²) in [5.41, 5.74) is 8.66. The van der Waals surface area contributed by atoms with Gasteiger partial charge in [0.15, 0.2) is 0 Å². The Balaban J connectivity index is 2.18. The highest BCUT2D eigenvalue weighted by molar-refractivity contribution is 6.10. The molecule has 2 heterocycles. The Kier molecular flexibility index (Phi) is 5.84. The normalized spacial score (nSPS) is 11.8. The minimum Gasteiger partial charge on any atom is -0.496 e. The molecule has 0 saturated heterocycles. The van der Waals surface area contributed by atoms with Gasteiger partial charge in [0.25, 0.3) is 0 Å². The monoisotopic (exact) mass is 423 g/mol. The second-order valence-corrected chi connectivity index (χ2v) is 7.44. The minimum atomic E-state index is -0.113. The zero-order chi connectivity index (χ0) is 22.1. The van der Waals surface area contributed by atoms with Gasteiger partial charge < -0.3 is 20.5 Å². The van der Waals surface area contributed by atoms with Crippen LogP contribution in [0.25, 0.3) is 27.2 Å². The summed E-state index contributed by atoms with van der Waals surface area (Å²) < 4.78 is 13.0. The van der Waals surface area contributed by atoms with Crippen molar-refractivity contribution in [1.82, 2.24) is 14.5 Å². The number of hydrogen-bond acceptors (Lipinski definition) is 7. The fourth-order valence-corrected chi connectivity index (χ4v) is 4.23. The first kappa shape index (κ1) is 21.1. The van der Waals surface area contributed by atoms with Crippen molar-refractivity contribution in [2.45, 2.75) is 20.4 Å². The minimum absolute atomic E-state index is 0.113. The first-order chi connectivity index (χ1) is 15.1. The molecule has 2 aromatic carbocycles. The van der Waals surface area contributed by atoms with E-state index in [2.05, 4.69) is 24.1 Å². The standard InChI is InChI=1S/C23H29N5O3/c1-5-27(6-2)13-16-14-7-8-15(25-12-11-24)19-21(14)28(26-16)22-18(31-4)10-9-17(30-3)20(22)23(19)29/h7-10,25H,5-6,11-13,24H2,1-4H3. The number of hydrogen-bond donors (Lipinski definition) is 2. The number of rotatable bonds is 9. The first-order valence-corrected chi connectivity index (χ1v) is 10.6. The molecule has 0 radical (unpaired) electrons. The van der Waals surface area contributed by atoms with Crippen LogP contribution in [0.5, 0.6) is 11.5 Å². The number of methoxy groups -OCH3 is 2. The van der Waals surface area contributed by atoms with Crippen LogP contribution in [-0.4, -0.2) is 54.9 Å². The van der Waals surface area contributed by atoms with E-state index in [0.717, 1.165) is 35.4 Å². The number of anilines is 1. The van der Waals surface area contributed by atoms with Gasteiger partial charge in [-0.15, -0.1) is 0 Å². The van der Waals surface area contributed by atoms with E-state index in [1.165, 1.54) is 0 Å². The molecule has 3 N–H and O–H groups in total. The molecular formula is C23H29N5O3. The molecule has 8 nitrogen and oxygen atoms in total. The van der Waals surface area contributed by atoms with E-state index in [9.17, 15) is 4.79 Å². The number of fused-ring (bicyclic) bond motifs is 2. The average Bonchev–Trinajstić information content (AvgIpc) is 3.17. The van der Waals surface area contributed by atoms with E-state index in [1.54, 1.807) is 20.3 Å². The van der Waals surface area contributed by atoms with Crippen molar-refractivity contribution < 1.29 is 9.47 Å². The highest BCUT2D eigenvalue weighted by Crippen LogP contribution is 2.37. The molecule has 0 aliphatic heterocycles. The number of nitrogens with one attached hydrogen (secondary N) is 1. The van der Waals surface area contributed by atoms with E-state index < -0.39 is 0 Å². The van der Waals surface area contributed by atoms with Gasteiger partial charge in [-0.05, 0) is 37.4 Å². The van der Waals surface area contributed by atoms with Crippen LogP contribution in [-0.2, 0) is 6.54 Å². The Morgan fingerprint density at radius 2 is 1.74 bits per heavy atom. The first-order valence-electron chi connectivity index (χ1n) is 10.6. The van der Waals surface area contributed by atoms with Crippen molar-refractivity contribution in [1.29, 1.82) is 0 Å². The second-order valence-electron chi connectivity index (χ2n) is 7.44. The summed E-state index contributed by atoms with van der Waals surface area (Å²) in [6, 6.07) is 7.55. The molecule has 0 amide bonds. The number of nitrogens with two attached hydrogens (primary N) is 1. The molecule has 4 rings (SSSR count). The van der Waals surface area contributed by atoms with Crippen LogP contribution in [0.4, 0.5) is 5.69 Å². The molecule has 0 aliphatic rings. The highest BCUT2D eigenvalue weighted by Gasteiger charge is 2.24. The lowest BCUT2D eigenvalue weighted by molar-refractivity contribution is 0.293. The Morgan fingerprint density at radius 3 is 2.39 bits per heavy atom. The van der Waals surface area contributed by atoms with Crippen LogP contribution in [0.3, 0.4) is 0 Å². The highest BCUT2D eigenvalue weighted by atomic mass is 16.5. The molecule has 0 atom stereocenters. The van der Waals surface area contributed by atoms with E-state index in [4.69, 9.17) is 20.3 Å². The van der Waals surface area contributed by atoms with Crippen molar-refractivity contribution >= 4 is 32.9 Å². The van der Waals surface area contributed by atoms with Crippen LogP contribution in [0.15, 0.2) is 29.1 Å². The Hall–Kier alpha value is -3.10. The lowest BCUT2D eigenvalue weighted by Crippen LogP contribution is -2.22. The van der Waals surface area contributed by atoms with Crippen LogP contribution in [0, 0.1) is 0 Å². The van der Waals surface area contributed by atoms with E-state index >= 15 is 0 Å². The van der Waals surface area contributed by atoms with Gasteiger partial charge in [-0.3, -0.25) is 9.69 Å². The zero-order valence-corrected chi connectivity index (χ0v) is 18.5. The molecule has 8 heteroatoms. The smallest absolute Gasteiger partial charge is 0.203 e. The molecule has 2 aromatic heterocycles. The summed E-state index contributed by atoms with van der Waals surface area (Å²) in [6.45, 7) is 7.82. The number of pyridine rings is 1. The van der Waals surface area contributed by atoms with Crippen LogP contribution in [0.1, 0.15) is 19.5 Å². The molecule has 0 fully saturated rings. The summed E-state index contributed by atoms with van der Waals surface area (Å²) >= 11 is 0. The summed E-state index contributed by atoms with van der Waals surface area (Å²) in [5, 5.41) is 10.3. The van der Waals surface area contributed by atoms with Crippen LogP contribution >= 0.6 is 0 Å². The lowest BCUT2D eigenvalue weighted by atomic mass is 10.0. The van der Waals surface area contributed by atoms with E-state index in [1.807, 2.05) is 22.7 Å². The van der Waals surface area contributed by atoms with Gasteiger partial charge in [0.05, 0.1) is 36.2 Å². The second kappa shape index (κ2) is 8.56. The third kappa shape index (κ3) is 3.32. The van der Waals surface area contributed by atoms with Gasteiger partial charge in [0.2, 0.25) is 5.43 Å². The number of aromatic nitrogens is 2. The van der Waals surface area contributed by atoms with E-state index in [0.29, 0.717) is 47.4 Å². The van der Waals surface area contributed by atoms with E-state index in [-0.39, 0.29) is 5.43 Å². The summed E-state index contributed by atoms with van der Waals surface area (Å²) in [6.07, 6.45) is 0. The third-order valence-electron chi connectivity index (χ3n) is 5.86. The maximum absolute atomic E-state index is 13.8. The fraction of sp³-hybridized carbons (Fsp3) is 0.391. The molecular weight excluding hydrogens is 394 g/mol. The van der Waals surface area contributed by atoms with Gasteiger partial charge in [-0.25, -0.2) is 4.52 Å². The fourth-order valence-electron chi connectivity index (χ4n) is 4.23. The third-order valence-corrected chi connectivity index (χ3v) is 5.86. The maximum atomic E-state index is 13.8. The Morgan fingerprint density at radius 1 is 1.03 bits per heavy atom. The number of benzene rings is 2. The predicted octanol–water partition coefficient (Wildman–Crippen LogP) is 2.67. The van der Waals surface area contributed by atoms with Crippen molar-refractivity contribution in [3.05, 3.63) is 40.2 Å². The Labute approximate surface area is 180 Å². The quantitative estimate of drug-likeness (QED) is 0.400. The zero-order valence-electron chi connectivity index (χ0n) is 18.5. The molecule has 0 aliphatic carbocycles. The SMILES string of the molecule is CCN(CC)Cc1nn2c3c(OC)ccc(OC)c3c(=O)c3c(NCCN)ccc1c32. The average molecular weight is 424 g/mol. The summed E-state index contributed by atoms with van der Waals surface area (Å²) in [7, 11) is 3.16.